The zero-order valence-corrected chi connectivity index (χ0v) is 15.2. The third kappa shape index (κ3) is 2.42. The molecule has 0 amide bonds. The fraction of sp³-hybridized carbons (Fsp3) is 0.0417. The Labute approximate surface area is 161 Å². The molecule has 0 bridgehead atoms. The van der Waals surface area contributed by atoms with Gasteiger partial charge in [-0.15, -0.1) is 0 Å². The number of aliphatic imine (C=N–C) groups is 1. The summed E-state index contributed by atoms with van der Waals surface area (Å²) in [6.45, 7) is 0. The van der Waals surface area contributed by atoms with E-state index in [0.29, 0.717) is 27.9 Å². The van der Waals surface area contributed by atoms with Gasteiger partial charge in [-0.1, -0.05) is 42.5 Å². The molecule has 1 heterocycles. The number of ketones is 2. The van der Waals surface area contributed by atoms with E-state index in [1.54, 1.807) is 48.7 Å². The molecule has 0 spiro atoms. The summed E-state index contributed by atoms with van der Waals surface area (Å²) in [6, 6.07) is 20.3. The molecule has 1 aromatic heterocycles. The largest absolute Gasteiger partial charge is 0.350 e. The second-order valence-electron chi connectivity index (χ2n) is 6.90. The molecule has 0 saturated heterocycles. The van der Waals surface area contributed by atoms with E-state index in [4.69, 9.17) is 0 Å². The van der Waals surface area contributed by atoms with Crippen molar-refractivity contribution in [3.8, 4) is 0 Å². The molecule has 0 fully saturated rings. The lowest BCUT2D eigenvalue weighted by Gasteiger charge is -2.17. The van der Waals surface area contributed by atoms with Crippen LogP contribution in [0, 0.1) is 0 Å². The number of para-hydroxylation sites is 1. The van der Waals surface area contributed by atoms with Crippen molar-refractivity contribution in [2.24, 2.45) is 12.0 Å². The normalized spacial score (nSPS) is 13.2. The van der Waals surface area contributed by atoms with Gasteiger partial charge in [-0.05, 0) is 24.3 Å². The molecule has 28 heavy (non-hydrogen) atoms. The number of aromatic nitrogens is 1. The quantitative estimate of drug-likeness (QED) is 0.426. The molecule has 0 radical (unpaired) electrons. The molecule has 0 unspecified atom stereocenters. The van der Waals surface area contributed by atoms with Crippen molar-refractivity contribution >= 4 is 34.4 Å². The Balaban J connectivity index is 1.55. The Hall–Kier alpha value is -3.79. The number of aryl methyl sites for hydroxylation is 1. The van der Waals surface area contributed by atoms with Crippen LogP contribution in [-0.2, 0) is 7.05 Å². The average molecular weight is 364 g/mol. The molecule has 4 aromatic rings. The molecule has 4 heteroatoms. The summed E-state index contributed by atoms with van der Waals surface area (Å²) >= 11 is 0. The van der Waals surface area contributed by atoms with Gasteiger partial charge in [0.15, 0.2) is 11.6 Å². The predicted octanol–water partition coefficient (Wildman–Crippen LogP) is 4.70. The highest BCUT2D eigenvalue weighted by Gasteiger charge is 2.29. The average Bonchev–Trinajstić information content (AvgIpc) is 3.06. The van der Waals surface area contributed by atoms with Crippen molar-refractivity contribution in [3.05, 3.63) is 101 Å². The molecule has 4 nitrogen and oxygen atoms in total. The highest BCUT2D eigenvalue weighted by Crippen LogP contribution is 2.30. The maximum Gasteiger partial charge on any atom is 0.194 e. The Morgan fingerprint density at radius 3 is 2.21 bits per heavy atom. The zero-order chi connectivity index (χ0) is 19.3. The molecular formula is C24H16N2O2. The fourth-order valence-corrected chi connectivity index (χ4v) is 3.79. The lowest BCUT2D eigenvalue weighted by molar-refractivity contribution is 0.0979. The summed E-state index contributed by atoms with van der Waals surface area (Å²) in [5.74, 6) is -0.248. The summed E-state index contributed by atoms with van der Waals surface area (Å²) in [7, 11) is 2.00. The monoisotopic (exact) mass is 364 g/mol. The molecule has 5 rings (SSSR count). The molecule has 0 atom stereocenters. The van der Waals surface area contributed by atoms with Crippen LogP contribution in [0.1, 0.15) is 37.4 Å². The molecule has 1 aliphatic rings. The van der Waals surface area contributed by atoms with E-state index in [0.717, 1.165) is 16.5 Å². The second kappa shape index (κ2) is 6.13. The van der Waals surface area contributed by atoms with Crippen LogP contribution < -0.4 is 0 Å². The van der Waals surface area contributed by atoms with Gasteiger partial charge in [-0.3, -0.25) is 14.6 Å². The standard InChI is InChI=1S/C24H16N2O2/c1-26-14-15(17-6-4-5-9-22(17)26)13-25-16-10-11-20-21(12-16)24(28)19-8-3-2-7-18(19)23(20)27/h2-14H,1H3. The number of hydrogen-bond donors (Lipinski definition) is 0. The Morgan fingerprint density at radius 1 is 0.786 bits per heavy atom. The topological polar surface area (TPSA) is 51.4 Å². The minimum absolute atomic E-state index is 0.116. The third-order valence-electron chi connectivity index (χ3n) is 5.19. The van der Waals surface area contributed by atoms with Gasteiger partial charge in [-0.25, -0.2) is 0 Å². The number of carbonyl (C=O) groups is 2. The molecular weight excluding hydrogens is 348 g/mol. The van der Waals surface area contributed by atoms with E-state index < -0.39 is 0 Å². The van der Waals surface area contributed by atoms with Crippen LogP contribution in [-0.4, -0.2) is 22.3 Å². The van der Waals surface area contributed by atoms with Crippen LogP contribution in [0.5, 0.6) is 0 Å². The Morgan fingerprint density at radius 2 is 1.43 bits per heavy atom. The van der Waals surface area contributed by atoms with Crippen LogP contribution in [0.4, 0.5) is 5.69 Å². The second-order valence-corrected chi connectivity index (χ2v) is 6.90. The first-order valence-corrected chi connectivity index (χ1v) is 9.04. The van der Waals surface area contributed by atoms with Gasteiger partial charge in [-0.2, -0.15) is 0 Å². The lowest BCUT2D eigenvalue weighted by atomic mass is 9.84. The number of fused-ring (bicyclic) bond motifs is 3. The number of nitrogens with zero attached hydrogens (tertiary/aromatic N) is 2. The smallest absolute Gasteiger partial charge is 0.194 e. The lowest BCUT2D eigenvalue weighted by Crippen LogP contribution is -2.20. The van der Waals surface area contributed by atoms with Crippen molar-refractivity contribution in [3.63, 3.8) is 0 Å². The number of carbonyl (C=O) groups excluding carboxylic acids is 2. The van der Waals surface area contributed by atoms with Crippen LogP contribution in [0.25, 0.3) is 10.9 Å². The highest BCUT2D eigenvalue weighted by molar-refractivity contribution is 6.28. The minimum atomic E-state index is -0.132. The Bertz CT molecular complexity index is 1310. The first kappa shape index (κ1) is 16.4. The van der Waals surface area contributed by atoms with Gasteiger partial charge in [0.1, 0.15) is 0 Å². The van der Waals surface area contributed by atoms with Crippen molar-refractivity contribution < 1.29 is 9.59 Å². The summed E-state index contributed by atoms with van der Waals surface area (Å²) < 4.78 is 2.06. The maximum absolute atomic E-state index is 12.9. The van der Waals surface area contributed by atoms with Crippen molar-refractivity contribution in [1.82, 2.24) is 4.57 Å². The SMILES string of the molecule is Cn1cc(C=Nc2ccc3c(c2)C(=O)c2ccccc2C3=O)c2ccccc21. The number of hydrogen-bond acceptors (Lipinski definition) is 3. The molecule has 0 aliphatic heterocycles. The maximum atomic E-state index is 12.9. The van der Waals surface area contributed by atoms with E-state index >= 15 is 0 Å². The molecule has 1 aliphatic carbocycles. The number of rotatable bonds is 2. The summed E-state index contributed by atoms with van der Waals surface area (Å²) in [5, 5.41) is 1.12. The molecule has 0 N–H and O–H groups in total. The van der Waals surface area contributed by atoms with Crippen molar-refractivity contribution in [1.29, 1.82) is 0 Å². The molecule has 3 aromatic carbocycles. The number of benzene rings is 3. The van der Waals surface area contributed by atoms with Gasteiger partial charge in [0.25, 0.3) is 0 Å². The van der Waals surface area contributed by atoms with E-state index in [9.17, 15) is 9.59 Å². The Kier molecular flexibility index (Phi) is 3.59. The molecule has 134 valence electrons. The predicted molar refractivity (Wildman–Crippen MR) is 110 cm³/mol. The van der Waals surface area contributed by atoms with Crippen molar-refractivity contribution in [2.45, 2.75) is 0 Å². The first-order valence-electron chi connectivity index (χ1n) is 9.04. The van der Waals surface area contributed by atoms with E-state index in [1.165, 1.54) is 0 Å². The van der Waals surface area contributed by atoms with E-state index in [-0.39, 0.29) is 11.6 Å². The van der Waals surface area contributed by atoms with Gasteiger partial charge in [0.05, 0.1) is 5.69 Å². The fourth-order valence-electron chi connectivity index (χ4n) is 3.79. The van der Waals surface area contributed by atoms with Gasteiger partial charge < -0.3 is 4.57 Å². The van der Waals surface area contributed by atoms with Crippen LogP contribution >= 0.6 is 0 Å². The summed E-state index contributed by atoms with van der Waals surface area (Å²) in [4.78, 5) is 30.1. The summed E-state index contributed by atoms with van der Waals surface area (Å²) in [5.41, 5.74) is 4.55. The van der Waals surface area contributed by atoms with Gasteiger partial charge >= 0.3 is 0 Å². The van der Waals surface area contributed by atoms with E-state index in [2.05, 4.69) is 21.7 Å². The van der Waals surface area contributed by atoms with Gasteiger partial charge in [0.2, 0.25) is 0 Å². The van der Waals surface area contributed by atoms with Crippen LogP contribution in [0.15, 0.2) is 77.9 Å². The van der Waals surface area contributed by atoms with Crippen molar-refractivity contribution in [2.75, 3.05) is 0 Å². The minimum Gasteiger partial charge on any atom is -0.350 e. The highest BCUT2D eigenvalue weighted by atomic mass is 16.1. The van der Waals surface area contributed by atoms with Crippen LogP contribution in [0.2, 0.25) is 0 Å². The summed E-state index contributed by atoms with van der Waals surface area (Å²) in [6.07, 6.45) is 3.82. The van der Waals surface area contributed by atoms with Crippen LogP contribution in [0.3, 0.4) is 0 Å². The first-order chi connectivity index (χ1) is 13.6. The van der Waals surface area contributed by atoms with Gasteiger partial charge in [0, 0.05) is 58.2 Å². The zero-order valence-electron chi connectivity index (χ0n) is 15.2. The van der Waals surface area contributed by atoms with E-state index in [1.807, 2.05) is 25.4 Å². The molecule has 0 saturated carbocycles. The third-order valence-corrected chi connectivity index (χ3v) is 5.19.